The molecule has 0 radical (unpaired) electrons. The lowest BCUT2D eigenvalue weighted by Gasteiger charge is -2.15. The summed E-state index contributed by atoms with van der Waals surface area (Å²) in [6, 6.07) is 5.35. The Kier molecular flexibility index (Phi) is 5.41. The summed E-state index contributed by atoms with van der Waals surface area (Å²) >= 11 is 0. The quantitative estimate of drug-likeness (QED) is 0.896. The highest BCUT2D eigenvalue weighted by molar-refractivity contribution is 5.89. The Hall–Kier alpha value is -2.43. The monoisotopic (exact) mass is 301 g/mol. The molecule has 0 saturated carbocycles. The van der Waals surface area contributed by atoms with Gasteiger partial charge in [-0.3, -0.25) is 0 Å². The normalized spacial score (nSPS) is 12.4. The minimum Gasteiger partial charge on any atom is -0.406 e. The predicted octanol–water partition coefficient (Wildman–Crippen LogP) is 3.25. The molecule has 1 atom stereocenters. The van der Waals surface area contributed by atoms with E-state index in [1.54, 1.807) is 13.8 Å². The molecule has 2 amide bonds. The van der Waals surface area contributed by atoms with Gasteiger partial charge in [0.2, 0.25) is 0 Å². The number of ether oxygens (including phenoxy) is 1. The van der Waals surface area contributed by atoms with Gasteiger partial charge >= 0.3 is 12.4 Å². The van der Waals surface area contributed by atoms with Crippen LogP contribution in [-0.2, 0) is 0 Å². The fourth-order valence-electron chi connectivity index (χ4n) is 1.40. The Labute approximate surface area is 119 Å². The number of carbonyl (C=O) groups excluding carboxylic acids is 1. The molecule has 1 unspecified atom stereocenters. The van der Waals surface area contributed by atoms with E-state index in [4.69, 9.17) is 5.26 Å². The van der Waals surface area contributed by atoms with Crippen molar-refractivity contribution in [2.45, 2.75) is 26.3 Å². The number of nitriles is 1. The first kappa shape index (κ1) is 16.6. The molecule has 8 heteroatoms. The number of hydrogen-bond donors (Lipinski definition) is 2. The first-order valence-electron chi connectivity index (χ1n) is 6.04. The van der Waals surface area contributed by atoms with Crippen LogP contribution in [0.1, 0.15) is 13.8 Å². The summed E-state index contributed by atoms with van der Waals surface area (Å²) in [5, 5.41) is 13.7. The van der Waals surface area contributed by atoms with Gasteiger partial charge in [0, 0.05) is 5.69 Å². The van der Waals surface area contributed by atoms with Crippen molar-refractivity contribution >= 4 is 11.7 Å². The van der Waals surface area contributed by atoms with Crippen LogP contribution >= 0.6 is 0 Å². The van der Waals surface area contributed by atoms with Gasteiger partial charge in [-0.25, -0.2) is 4.79 Å². The molecule has 0 aromatic heterocycles. The smallest absolute Gasteiger partial charge is 0.406 e. The van der Waals surface area contributed by atoms with E-state index in [1.807, 2.05) is 6.07 Å². The number of benzene rings is 1. The molecule has 0 fully saturated rings. The maximum absolute atomic E-state index is 12.0. The second kappa shape index (κ2) is 6.83. The number of carbonyl (C=O) groups is 1. The van der Waals surface area contributed by atoms with Crippen molar-refractivity contribution < 1.29 is 22.7 Å². The van der Waals surface area contributed by atoms with E-state index >= 15 is 0 Å². The van der Waals surface area contributed by atoms with Crippen LogP contribution in [0.3, 0.4) is 0 Å². The summed E-state index contributed by atoms with van der Waals surface area (Å²) in [5.74, 6) is -0.450. The summed E-state index contributed by atoms with van der Waals surface area (Å²) in [4.78, 5) is 11.6. The summed E-state index contributed by atoms with van der Waals surface area (Å²) < 4.78 is 39.6. The maximum atomic E-state index is 12.0. The van der Waals surface area contributed by atoms with E-state index in [0.29, 0.717) is 0 Å². The van der Waals surface area contributed by atoms with Crippen LogP contribution in [0.4, 0.5) is 23.7 Å². The number of hydrogen-bond acceptors (Lipinski definition) is 3. The zero-order valence-electron chi connectivity index (χ0n) is 11.4. The number of halogens is 3. The minimum atomic E-state index is -4.76. The molecule has 0 aliphatic carbocycles. The molecule has 0 aliphatic rings. The Morgan fingerprint density at radius 3 is 2.29 bits per heavy atom. The lowest BCUT2D eigenvalue weighted by Crippen LogP contribution is -2.40. The van der Waals surface area contributed by atoms with E-state index in [1.165, 1.54) is 12.1 Å². The number of nitrogens with one attached hydrogen (secondary N) is 2. The Morgan fingerprint density at radius 2 is 1.86 bits per heavy atom. The molecule has 5 nitrogen and oxygen atoms in total. The predicted molar refractivity (Wildman–Crippen MR) is 69.5 cm³/mol. The minimum absolute atomic E-state index is 0.0664. The fourth-order valence-corrected chi connectivity index (χ4v) is 1.40. The first-order chi connectivity index (χ1) is 9.71. The van der Waals surface area contributed by atoms with Crippen molar-refractivity contribution in [1.29, 1.82) is 5.26 Å². The van der Waals surface area contributed by atoms with E-state index < -0.39 is 18.4 Å². The van der Waals surface area contributed by atoms with Gasteiger partial charge in [-0.2, -0.15) is 5.26 Å². The third-order valence-electron chi connectivity index (χ3n) is 2.44. The SMILES string of the molecule is CC(C)C(C#N)NC(=O)Nc1ccc(OC(F)(F)F)cc1. The van der Waals surface area contributed by atoms with Gasteiger partial charge in [-0.15, -0.1) is 13.2 Å². The number of alkyl halides is 3. The summed E-state index contributed by atoms with van der Waals surface area (Å²) in [6.45, 7) is 3.55. The van der Waals surface area contributed by atoms with E-state index in [0.717, 1.165) is 12.1 Å². The van der Waals surface area contributed by atoms with Gasteiger partial charge in [0.05, 0.1) is 6.07 Å². The lowest BCUT2D eigenvalue weighted by atomic mass is 10.1. The second-order valence-electron chi connectivity index (χ2n) is 4.52. The molecule has 0 aliphatic heterocycles. The van der Waals surface area contributed by atoms with E-state index in [-0.39, 0.29) is 17.4 Å². The standard InChI is InChI=1S/C13H14F3N3O2/c1-8(2)11(7-17)19-12(20)18-9-3-5-10(6-4-9)21-13(14,15)16/h3-6,8,11H,1-2H3,(H2,18,19,20). The van der Waals surface area contributed by atoms with Gasteiger partial charge in [-0.1, -0.05) is 13.8 Å². The molecule has 1 rings (SSSR count). The van der Waals surface area contributed by atoms with E-state index in [9.17, 15) is 18.0 Å². The van der Waals surface area contributed by atoms with Crippen LogP contribution in [0.2, 0.25) is 0 Å². The molecule has 0 bridgehead atoms. The van der Waals surface area contributed by atoms with Crippen molar-refractivity contribution in [2.24, 2.45) is 5.92 Å². The molecule has 1 aromatic carbocycles. The van der Waals surface area contributed by atoms with Gasteiger partial charge < -0.3 is 15.4 Å². The van der Waals surface area contributed by atoms with Gasteiger partial charge in [0.15, 0.2) is 0 Å². The van der Waals surface area contributed by atoms with Crippen LogP contribution < -0.4 is 15.4 Å². The highest BCUT2D eigenvalue weighted by Gasteiger charge is 2.30. The topological polar surface area (TPSA) is 74.2 Å². The van der Waals surface area contributed by atoms with Crippen LogP contribution in [0.25, 0.3) is 0 Å². The molecular formula is C13H14F3N3O2. The molecular weight excluding hydrogens is 287 g/mol. The average Bonchev–Trinajstić information content (AvgIpc) is 2.36. The van der Waals surface area contributed by atoms with E-state index in [2.05, 4.69) is 15.4 Å². The molecule has 0 heterocycles. The van der Waals surface area contributed by atoms with Gasteiger partial charge in [0.1, 0.15) is 11.8 Å². The highest BCUT2D eigenvalue weighted by atomic mass is 19.4. The van der Waals surface area contributed by atoms with Crippen molar-refractivity contribution in [3.05, 3.63) is 24.3 Å². The molecule has 1 aromatic rings. The summed E-state index contributed by atoms with van der Waals surface area (Å²) in [6.07, 6.45) is -4.76. The molecule has 21 heavy (non-hydrogen) atoms. The fraction of sp³-hybridized carbons (Fsp3) is 0.385. The lowest BCUT2D eigenvalue weighted by molar-refractivity contribution is -0.274. The molecule has 2 N–H and O–H groups in total. The van der Waals surface area contributed by atoms with Crippen molar-refractivity contribution in [1.82, 2.24) is 5.32 Å². The largest absolute Gasteiger partial charge is 0.573 e. The molecule has 114 valence electrons. The second-order valence-corrected chi connectivity index (χ2v) is 4.52. The van der Waals surface area contributed by atoms with Gasteiger partial charge in [0.25, 0.3) is 0 Å². The Balaban J connectivity index is 2.60. The van der Waals surface area contributed by atoms with Gasteiger partial charge in [-0.05, 0) is 30.2 Å². The highest BCUT2D eigenvalue weighted by Crippen LogP contribution is 2.23. The Bertz CT molecular complexity index is 521. The molecule has 0 spiro atoms. The summed E-state index contributed by atoms with van der Waals surface area (Å²) in [5.41, 5.74) is 0.280. The van der Waals surface area contributed by atoms with Crippen LogP contribution in [0.15, 0.2) is 24.3 Å². The van der Waals surface area contributed by atoms with Crippen molar-refractivity contribution in [3.63, 3.8) is 0 Å². The Morgan fingerprint density at radius 1 is 1.29 bits per heavy atom. The number of anilines is 1. The number of nitrogens with zero attached hydrogens (tertiary/aromatic N) is 1. The maximum Gasteiger partial charge on any atom is 0.573 e. The third kappa shape index (κ3) is 6.03. The number of urea groups is 1. The first-order valence-corrected chi connectivity index (χ1v) is 6.04. The third-order valence-corrected chi connectivity index (χ3v) is 2.44. The average molecular weight is 301 g/mol. The zero-order chi connectivity index (χ0) is 16.0. The van der Waals surface area contributed by atoms with Crippen LogP contribution in [0.5, 0.6) is 5.75 Å². The zero-order valence-corrected chi connectivity index (χ0v) is 11.4. The summed E-state index contributed by atoms with van der Waals surface area (Å²) in [7, 11) is 0. The number of rotatable bonds is 4. The van der Waals surface area contributed by atoms with Crippen molar-refractivity contribution in [2.75, 3.05) is 5.32 Å². The number of amides is 2. The van der Waals surface area contributed by atoms with Crippen LogP contribution in [-0.4, -0.2) is 18.4 Å². The molecule has 0 saturated heterocycles. The van der Waals surface area contributed by atoms with Crippen LogP contribution in [0, 0.1) is 17.2 Å². The van der Waals surface area contributed by atoms with Crippen molar-refractivity contribution in [3.8, 4) is 11.8 Å².